The summed E-state index contributed by atoms with van der Waals surface area (Å²) in [7, 11) is 0. The fourth-order valence-electron chi connectivity index (χ4n) is 1.59. The van der Waals surface area contributed by atoms with E-state index >= 15 is 0 Å². The van der Waals surface area contributed by atoms with Crippen LogP contribution in [0.15, 0.2) is 24.3 Å². The Morgan fingerprint density at radius 3 is 2.50 bits per heavy atom. The van der Waals surface area contributed by atoms with Gasteiger partial charge in [-0.3, -0.25) is 0 Å². The third-order valence-electron chi connectivity index (χ3n) is 2.53. The summed E-state index contributed by atoms with van der Waals surface area (Å²) in [6.07, 6.45) is 2.88. The molecule has 0 aliphatic rings. The molecule has 0 heterocycles. The zero-order valence-electron chi connectivity index (χ0n) is 9.82. The second-order valence-electron chi connectivity index (χ2n) is 3.84. The van der Waals surface area contributed by atoms with Gasteiger partial charge in [-0.15, -0.1) is 0 Å². The Hall–Kier alpha value is -1.69. The van der Waals surface area contributed by atoms with Crippen molar-refractivity contribution in [1.82, 2.24) is 0 Å². The molecule has 0 aliphatic carbocycles. The van der Waals surface area contributed by atoms with Crippen molar-refractivity contribution in [3.05, 3.63) is 24.3 Å². The molecule has 0 bridgehead atoms. The fourth-order valence-corrected chi connectivity index (χ4v) is 1.59. The molecule has 16 heavy (non-hydrogen) atoms. The molecule has 0 radical (unpaired) electrons. The van der Waals surface area contributed by atoms with Gasteiger partial charge in [-0.2, -0.15) is 5.26 Å². The topological polar surface area (TPSA) is 53.0 Å². The van der Waals surface area contributed by atoms with Gasteiger partial charge in [0.2, 0.25) is 0 Å². The summed E-state index contributed by atoms with van der Waals surface area (Å²) in [5.41, 5.74) is 7.58. The normalized spacial score (nSPS) is 9.75. The van der Waals surface area contributed by atoms with Gasteiger partial charge >= 0.3 is 0 Å². The second kappa shape index (κ2) is 6.73. The monoisotopic (exact) mass is 217 g/mol. The Balaban J connectivity index is 2.67. The first kappa shape index (κ1) is 12.4. The van der Waals surface area contributed by atoms with Crippen molar-refractivity contribution >= 4 is 11.4 Å². The van der Waals surface area contributed by atoms with Crippen LogP contribution in [0.2, 0.25) is 0 Å². The Labute approximate surface area is 97.5 Å². The van der Waals surface area contributed by atoms with Crippen molar-refractivity contribution in [3.8, 4) is 6.07 Å². The first-order valence-electron chi connectivity index (χ1n) is 5.75. The van der Waals surface area contributed by atoms with Gasteiger partial charge in [0.1, 0.15) is 0 Å². The summed E-state index contributed by atoms with van der Waals surface area (Å²) in [5, 5.41) is 8.63. The molecule has 0 aromatic heterocycles. The van der Waals surface area contributed by atoms with E-state index in [-0.39, 0.29) is 0 Å². The van der Waals surface area contributed by atoms with Crippen LogP contribution in [0, 0.1) is 11.3 Å². The quantitative estimate of drug-likeness (QED) is 0.745. The highest BCUT2D eigenvalue weighted by molar-refractivity contribution is 5.53. The number of benzene rings is 1. The van der Waals surface area contributed by atoms with Crippen molar-refractivity contribution in [3.63, 3.8) is 0 Å². The van der Waals surface area contributed by atoms with Crippen LogP contribution in [0.1, 0.15) is 26.2 Å². The predicted molar refractivity (Wildman–Crippen MR) is 68.2 cm³/mol. The van der Waals surface area contributed by atoms with Crippen LogP contribution in [0.4, 0.5) is 11.4 Å². The van der Waals surface area contributed by atoms with E-state index in [0.29, 0.717) is 6.42 Å². The summed E-state index contributed by atoms with van der Waals surface area (Å²) >= 11 is 0. The molecule has 0 unspecified atom stereocenters. The molecule has 86 valence electrons. The van der Waals surface area contributed by atoms with Gasteiger partial charge in [0.15, 0.2) is 0 Å². The zero-order chi connectivity index (χ0) is 11.8. The first-order chi connectivity index (χ1) is 7.77. The molecule has 0 amide bonds. The van der Waals surface area contributed by atoms with Gasteiger partial charge in [0, 0.05) is 24.5 Å². The maximum absolute atomic E-state index is 8.63. The van der Waals surface area contributed by atoms with E-state index in [0.717, 1.165) is 37.3 Å². The van der Waals surface area contributed by atoms with Crippen LogP contribution in [0.5, 0.6) is 0 Å². The lowest BCUT2D eigenvalue weighted by Gasteiger charge is -2.23. The van der Waals surface area contributed by atoms with Crippen LogP contribution in [0.3, 0.4) is 0 Å². The number of nitrogen functional groups attached to an aromatic ring is 1. The summed E-state index contributed by atoms with van der Waals surface area (Å²) in [5.74, 6) is 0. The number of nitrogens with zero attached hydrogens (tertiary/aromatic N) is 2. The van der Waals surface area contributed by atoms with E-state index in [4.69, 9.17) is 11.0 Å². The van der Waals surface area contributed by atoms with Crippen molar-refractivity contribution in [2.75, 3.05) is 23.7 Å². The minimum absolute atomic E-state index is 0.564. The lowest BCUT2D eigenvalue weighted by molar-refractivity contribution is 0.718. The minimum Gasteiger partial charge on any atom is -0.399 e. The summed E-state index contributed by atoms with van der Waals surface area (Å²) in [4.78, 5) is 2.24. The number of hydrogen-bond acceptors (Lipinski definition) is 3. The maximum atomic E-state index is 8.63. The van der Waals surface area contributed by atoms with E-state index in [1.54, 1.807) is 0 Å². The van der Waals surface area contributed by atoms with Crippen LogP contribution in [-0.4, -0.2) is 13.1 Å². The van der Waals surface area contributed by atoms with Crippen LogP contribution >= 0.6 is 0 Å². The molecule has 0 atom stereocenters. The molecule has 0 saturated carbocycles. The molecule has 0 fully saturated rings. The number of rotatable bonds is 6. The standard InChI is InChI=1S/C13H19N3/c1-2-3-10-16(11-4-9-14)13-7-5-12(15)6-8-13/h5-8H,2-4,10-11,15H2,1H3. The molecule has 1 rings (SSSR count). The van der Waals surface area contributed by atoms with Crippen LogP contribution in [0.25, 0.3) is 0 Å². The number of nitrogens with two attached hydrogens (primary N) is 1. The van der Waals surface area contributed by atoms with Gasteiger partial charge < -0.3 is 10.6 Å². The number of nitriles is 1. The van der Waals surface area contributed by atoms with Crippen LogP contribution in [-0.2, 0) is 0 Å². The molecule has 3 nitrogen and oxygen atoms in total. The van der Waals surface area contributed by atoms with E-state index in [1.807, 2.05) is 24.3 Å². The van der Waals surface area contributed by atoms with Crippen molar-refractivity contribution < 1.29 is 0 Å². The van der Waals surface area contributed by atoms with Crippen molar-refractivity contribution in [2.45, 2.75) is 26.2 Å². The van der Waals surface area contributed by atoms with Gasteiger partial charge in [-0.25, -0.2) is 0 Å². The first-order valence-corrected chi connectivity index (χ1v) is 5.75. The average Bonchev–Trinajstić information content (AvgIpc) is 2.31. The predicted octanol–water partition coefficient (Wildman–Crippen LogP) is 2.79. The summed E-state index contributed by atoms with van der Waals surface area (Å²) in [6.45, 7) is 3.97. The van der Waals surface area contributed by atoms with Crippen molar-refractivity contribution in [2.24, 2.45) is 0 Å². The average molecular weight is 217 g/mol. The highest BCUT2D eigenvalue weighted by atomic mass is 15.1. The lowest BCUT2D eigenvalue weighted by atomic mass is 10.2. The van der Waals surface area contributed by atoms with E-state index < -0.39 is 0 Å². The van der Waals surface area contributed by atoms with E-state index in [1.165, 1.54) is 0 Å². The zero-order valence-corrected chi connectivity index (χ0v) is 9.82. The number of anilines is 2. The number of unbranched alkanes of at least 4 members (excludes halogenated alkanes) is 1. The molecule has 0 aliphatic heterocycles. The van der Waals surface area contributed by atoms with Gasteiger partial charge in [0.05, 0.1) is 12.5 Å². The molecule has 2 N–H and O–H groups in total. The molecule has 1 aromatic carbocycles. The van der Waals surface area contributed by atoms with E-state index in [9.17, 15) is 0 Å². The van der Waals surface area contributed by atoms with Gasteiger partial charge in [0.25, 0.3) is 0 Å². The van der Waals surface area contributed by atoms with E-state index in [2.05, 4.69) is 17.9 Å². The third-order valence-corrected chi connectivity index (χ3v) is 2.53. The molecule has 0 saturated heterocycles. The second-order valence-corrected chi connectivity index (χ2v) is 3.84. The smallest absolute Gasteiger partial charge is 0.0640 e. The lowest BCUT2D eigenvalue weighted by Crippen LogP contribution is -2.25. The van der Waals surface area contributed by atoms with Crippen molar-refractivity contribution in [1.29, 1.82) is 5.26 Å². The Bertz CT molecular complexity index is 337. The van der Waals surface area contributed by atoms with Gasteiger partial charge in [-0.1, -0.05) is 13.3 Å². The minimum atomic E-state index is 0.564. The highest BCUT2D eigenvalue weighted by Gasteiger charge is 2.04. The summed E-state index contributed by atoms with van der Waals surface area (Å²) < 4.78 is 0. The molecule has 3 heteroatoms. The Kier molecular flexibility index (Phi) is 5.21. The molecular weight excluding hydrogens is 198 g/mol. The third kappa shape index (κ3) is 3.82. The van der Waals surface area contributed by atoms with Gasteiger partial charge in [-0.05, 0) is 30.7 Å². The Morgan fingerprint density at radius 2 is 1.94 bits per heavy atom. The number of hydrogen-bond donors (Lipinski definition) is 1. The summed E-state index contributed by atoms with van der Waals surface area (Å²) in [6, 6.07) is 10.0. The molecule has 0 spiro atoms. The molecule has 1 aromatic rings. The maximum Gasteiger partial charge on any atom is 0.0640 e. The largest absolute Gasteiger partial charge is 0.399 e. The highest BCUT2D eigenvalue weighted by Crippen LogP contribution is 2.17. The molecular formula is C13H19N3. The fraction of sp³-hybridized carbons (Fsp3) is 0.462. The SMILES string of the molecule is CCCCN(CCC#N)c1ccc(N)cc1. The Morgan fingerprint density at radius 1 is 1.25 bits per heavy atom. The van der Waals surface area contributed by atoms with Crippen LogP contribution < -0.4 is 10.6 Å².